The van der Waals surface area contributed by atoms with Gasteiger partial charge in [0.15, 0.2) is 6.23 Å². The Labute approximate surface area is 163 Å². The minimum Gasteiger partial charge on any atom is -0.474 e. The van der Waals surface area contributed by atoms with Crippen LogP contribution < -0.4 is 10.1 Å². The number of amides is 1. The van der Waals surface area contributed by atoms with Gasteiger partial charge in [-0.2, -0.15) is 0 Å². The molecule has 1 aromatic carbocycles. The molecule has 1 heterocycles. The number of ether oxygens (including phenoxy) is 1. The number of piperazine rings is 1. The highest BCUT2D eigenvalue weighted by Crippen LogP contribution is 2.26. The summed E-state index contributed by atoms with van der Waals surface area (Å²) in [5.41, 5.74) is 0.0508. The Bertz CT molecular complexity index is 583. The lowest BCUT2D eigenvalue weighted by molar-refractivity contribution is -0.121. The Hall–Kier alpha value is -1.92. The average molecular weight is 378 g/mol. The van der Waals surface area contributed by atoms with E-state index in [1.54, 1.807) is 31.3 Å². The molecule has 0 saturated carbocycles. The molecule has 1 saturated heterocycles. The van der Waals surface area contributed by atoms with Gasteiger partial charge in [0.2, 0.25) is 0 Å². The molecule has 6 heteroatoms. The Morgan fingerprint density at radius 1 is 1.22 bits per heavy atom. The summed E-state index contributed by atoms with van der Waals surface area (Å²) in [4.78, 5) is 28.1. The maximum atomic E-state index is 12.6. The van der Waals surface area contributed by atoms with E-state index in [1.807, 2.05) is 32.6 Å². The first kappa shape index (κ1) is 23.1. The standard InChI is InChI=1S/C19H29N3O3.C2H6/c1-5-19(2,14-23)18(20-3)25-16-8-6-15(7-9-16)17(24)22-12-10-21(4)11-13-22;1-2/h6-9,14,18,20H,5,10-13H2,1-4H3;1-2H3. The van der Waals surface area contributed by atoms with E-state index < -0.39 is 11.6 Å². The van der Waals surface area contributed by atoms with Gasteiger partial charge in [-0.05, 0) is 51.7 Å². The lowest BCUT2D eigenvalue weighted by atomic mass is 9.87. The zero-order valence-corrected chi connectivity index (χ0v) is 17.6. The third kappa shape index (κ3) is 6.04. The van der Waals surface area contributed by atoms with Crippen LogP contribution in [0.4, 0.5) is 0 Å². The van der Waals surface area contributed by atoms with Crippen molar-refractivity contribution in [3.8, 4) is 5.75 Å². The Morgan fingerprint density at radius 3 is 2.22 bits per heavy atom. The van der Waals surface area contributed by atoms with Crippen LogP contribution in [0.25, 0.3) is 0 Å². The Balaban J connectivity index is 0.00000176. The maximum absolute atomic E-state index is 12.6. The predicted molar refractivity (Wildman–Crippen MR) is 109 cm³/mol. The van der Waals surface area contributed by atoms with Crippen LogP contribution in [0.2, 0.25) is 0 Å². The van der Waals surface area contributed by atoms with Crippen LogP contribution in [-0.2, 0) is 4.79 Å². The van der Waals surface area contributed by atoms with E-state index >= 15 is 0 Å². The number of hydrogen-bond acceptors (Lipinski definition) is 5. The molecule has 2 rings (SSSR count). The number of nitrogens with one attached hydrogen (secondary N) is 1. The van der Waals surface area contributed by atoms with Gasteiger partial charge in [-0.25, -0.2) is 0 Å². The van der Waals surface area contributed by atoms with Gasteiger partial charge in [-0.1, -0.05) is 20.8 Å². The first-order valence-electron chi connectivity index (χ1n) is 9.81. The van der Waals surface area contributed by atoms with Gasteiger partial charge in [-0.15, -0.1) is 0 Å². The molecule has 0 aliphatic carbocycles. The highest BCUT2D eigenvalue weighted by atomic mass is 16.5. The monoisotopic (exact) mass is 377 g/mol. The van der Waals surface area contributed by atoms with E-state index in [0.29, 0.717) is 17.7 Å². The summed E-state index contributed by atoms with van der Waals surface area (Å²) in [5, 5.41) is 3.05. The molecule has 0 bridgehead atoms. The molecular formula is C21H35N3O3. The molecular weight excluding hydrogens is 342 g/mol. The minimum absolute atomic E-state index is 0.0519. The first-order chi connectivity index (χ1) is 12.9. The number of benzene rings is 1. The number of hydrogen-bond donors (Lipinski definition) is 1. The molecule has 2 atom stereocenters. The van der Waals surface area contributed by atoms with Crippen LogP contribution >= 0.6 is 0 Å². The normalized spacial score (nSPS) is 17.9. The fourth-order valence-electron chi connectivity index (χ4n) is 2.86. The Kier molecular flexibility index (Phi) is 9.46. The van der Waals surface area contributed by atoms with Gasteiger partial charge in [0, 0.05) is 31.7 Å². The molecule has 27 heavy (non-hydrogen) atoms. The van der Waals surface area contributed by atoms with Crippen molar-refractivity contribution in [2.45, 2.75) is 40.3 Å². The number of likely N-dealkylation sites (N-methyl/N-ethyl adjacent to an activating group) is 1. The van der Waals surface area contributed by atoms with Gasteiger partial charge < -0.3 is 19.3 Å². The van der Waals surface area contributed by atoms with E-state index in [1.165, 1.54) is 0 Å². The quantitative estimate of drug-likeness (QED) is 0.585. The minimum atomic E-state index is -0.608. The number of nitrogens with zero attached hydrogens (tertiary/aromatic N) is 2. The zero-order chi connectivity index (χ0) is 20.4. The lowest BCUT2D eigenvalue weighted by Crippen LogP contribution is -2.47. The molecule has 0 aromatic heterocycles. The molecule has 1 amide bonds. The molecule has 6 nitrogen and oxygen atoms in total. The first-order valence-corrected chi connectivity index (χ1v) is 9.81. The van der Waals surface area contributed by atoms with Crippen molar-refractivity contribution in [3.63, 3.8) is 0 Å². The third-order valence-corrected chi connectivity index (χ3v) is 5.04. The second-order valence-corrected chi connectivity index (χ2v) is 6.88. The van der Waals surface area contributed by atoms with Crippen LogP contribution in [-0.4, -0.2) is 68.5 Å². The van der Waals surface area contributed by atoms with E-state index in [-0.39, 0.29) is 5.91 Å². The summed E-state index contributed by atoms with van der Waals surface area (Å²) in [5.74, 6) is 0.687. The van der Waals surface area contributed by atoms with Crippen molar-refractivity contribution in [1.82, 2.24) is 15.1 Å². The van der Waals surface area contributed by atoms with E-state index in [9.17, 15) is 9.59 Å². The topological polar surface area (TPSA) is 61.9 Å². The molecule has 2 unspecified atom stereocenters. The van der Waals surface area contributed by atoms with Crippen LogP contribution in [0, 0.1) is 5.41 Å². The van der Waals surface area contributed by atoms with Crippen molar-refractivity contribution in [3.05, 3.63) is 29.8 Å². The SMILES string of the molecule is CC.CCC(C)(C=O)C(NC)Oc1ccc(C(=O)N2CCN(C)CC2)cc1. The summed E-state index contributed by atoms with van der Waals surface area (Å²) in [7, 11) is 3.84. The predicted octanol–water partition coefficient (Wildman–Crippen LogP) is 2.64. The molecule has 1 aliphatic rings. The van der Waals surface area contributed by atoms with E-state index in [2.05, 4.69) is 17.3 Å². The number of rotatable bonds is 7. The van der Waals surface area contributed by atoms with Gasteiger partial charge >= 0.3 is 0 Å². The summed E-state index contributed by atoms with van der Waals surface area (Å²) in [6.45, 7) is 11.1. The number of aldehydes is 1. The largest absolute Gasteiger partial charge is 0.474 e. The van der Waals surface area contributed by atoms with Crippen molar-refractivity contribution in [2.24, 2.45) is 5.41 Å². The average Bonchev–Trinajstić information content (AvgIpc) is 2.73. The Morgan fingerprint density at radius 2 is 1.78 bits per heavy atom. The van der Waals surface area contributed by atoms with Crippen molar-refractivity contribution in [2.75, 3.05) is 40.3 Å². The second kappa shape index (κ2) is 11.0. The molecule has 1 N–H and O–H groups in total. The second-order valence-electron chi connectivity index (χ2n) is 6.88. The summed E-state index contributed by atoms with van der Waals surface area (Å²) in [6, 6.07) is 7.14. The lowest BCUT2D eigenvalue weighted by Gasteiger charge is -2.33. The van der Waals surface area contributed by atoms with Crippen molar-refractivity contribution < 1.29 is 14.3 Å². The zero-order valence-electron chi connectivity index (χ0n) is 17.6. The van der Waals surface area contributed by atoms with Crippen molar-refractivity contribution >= 4 is 12.2 Å². The summed E-state index contributed by atoms with van der Waals surface area (Å²) < 4.78 is 5.93. The van der Waals surface area contributed by atoms with Crippen LogP contribution in [0.5, 0.6) is 5.75 Å². The van der Waals surface area contributed by atoms with Crippen LogP contribution in [0.15, 0.2) is 24.3 Å². The van der Waals surface area contributed by atoms with Gasteiger partial charge in [0.1, 0.15) is 12.0 Å². The smallest absolute Gasteiger partial charge is 0.253 e. The van der Waals surface area contributed by atoms with Gasteiger partial charge in [-0.3, -0.25) is 10.1 Å². The molecule has 1 aromatic rings. The molecule has 1 aliphatic heterocycles. The highest BCUT2D eigenvalue weighted by Gasteiger charge is 2.33. The number of carbonyl (C=O) groups is 2. The maximum Gasteiger partial charge on any atom is 0.253 e. The molecule has 0 spiro atoms. The van der Waals surface area contributed by atoms with Crippen LogP contribution in [0.3, 0.4) is 0 Å². The fraction of sp³-hybridized carbons (Fsp3) is 0.619. The highest BCUT2D eigenvalue weighted by molar-refractivity contribution is 5.94. The summed E-state index contributed by atoms with van der Waals surface area (Å²) in [6.07, 6.45) is 1.18. The number of carbonyl (C=O) groups excluding carboxylic acids is 2. The van der Waals surface area contributed by atoms with E-state index in [4.69, 9.17) is 4.74 Å². The van der Waals surface area contributed by atoms with Gasteiger partial charge in [0.25, 0.3) is 5.91 Å². The third-order valence-electron chi connectivity index (χ3n) is 5.04. The van der Waals surface area contributed by atoms with Crippen LogP contribution in [0.1, 0.15) is 44.5 Å². The van der Waals surface area contributed by atoms with Crippen molar-refractivity contribution in [1.29, 1.82) is 0 Å². The molecule has 1 fully saturated rings. The van der Waals surface area contributed by atoms with E-state index in [0.717, 1.165) is 32.5 Å². The molecule has 0 radical (unpaired) electrons. The molecule has 152 valence electrons. The fourth-order valence-corrected chi connectivity index (χ4v) is 2.86. The summed E-state index contributed by atoms with van der Waals surface area (Å²) >= 11 is 0. The van der Waals surface area contributed by atoms with Gasteiger partial charge in [0.05, 0.1) is 5.41 Å².